The molecule has 5 nitrogen and oxygen atoms in total. The molecule has 186 valence electrons. The second-order valence-electron chi connectivity index (χ2n) is 10.0. The topological polar surface area (TPSA) is 81.0 Å². The van der Waals surface area contributed by atoms with Gasteiger partial charge in [-0.1, -0.05) is 39.7 Å². The molecule has 1 aromatic heterocycles. The SMILES string of the molecule is CC.CC1CCC(CN(c2cc(C3=CCC(O)CC3)sc2C(=O)O)C2CCC(O)CC2)CC1. The Balaban J connectivity index is 0.00000149. The number of hydrogen-bond acceptors (Lipinski definition) is 5. The molecular weight excluding hydrogens is 434 g/mol. The van der Waals surface area contributed by atoms with Gasteiger partial charge in [0, 0.05) is 17.5 Å². The summed E-state index contributed by atoms with van der Waals surface area (Å²) in [6.45, 7) is 7.25. The third kappa shape index (κ3) is 6.83. The number of anilines is 1. The summed E-state index contributed by atoms with van der Waals surface area (Å²) in [7, 11) is 0. The van der Waals surface area contributed by atoms with Crippen molar-refractivity contribution < 1.29 is 20.1 Å². The van der Waals surface area contributed by atoms with Crippen LogP contribution < -0.4 is 4.90 Å². The van der Waals surface area contributed by atoms with E-state index in [1.807, 2.05) is 13.8 Å². The third-order valence-corrected chi connectivity index (χ3v) is 8.80. The number of thiophene rings is 1. The predicted molar refractivity (Wildman–Crippen MR) is 137 cm³/mol. The Morgan fingerprint density at radius 1 is 1.00 bits per heavy atom. The molecule has 33 heavy (non-hydrogen) atoms. The van der Waals surface area contributed by atoms with Crippen LogP contribution in [-0.4, -0.2) is 46.1 Å². The molecule has 0 bridgehead atoms. The normalized spacial score (nSPS) is 30.1. The molecule has 1 atom stereocenters. The standard InChI is InChI=1S/C25H37NO4S.C2H6/c1-16-2-4-17(5-3-16)15-26(19-8-12-21(28)13-9-19)22-14-23(31-24(22)25(29)30)18-6-10-20(27)11-7-18;1-2/h6,14,16-17,19-21,27-28H,2-5,7-13,15H2,1H3,(H,29,30);1-2H3. The number of aliphatic hydroxyl groups is 2. The Morgan fingerprint density at radius 3 is 2.24 bits per heavy atom. The van der Waals surface area contributed by atoms with Gasteiger partial charge in [0.2, 0.25) is 0 Å². The highest BCUT2D eigenvalue weighted by Crippen LogP contribution is 2.41. The average molecular weight is 478 g/mol. The second-order valence-corrected chi connectivity index (χ2v) is 11.1. The van der Waals surface area contributed by atoms with Crippen LogP contribution in [0, 0.1) is 11.8 Å². The molecule has 2 saturated carbocycles. The molecule has 0 amide bonds. The first-order valence-corrected chi connectivity index (χ1v) is 13.9. The van der Waals surface area contributed by atoms with Crippen molar-refractivity contribution in [3.8, 4) is 0 Å². The molecule has 0 radical (unpaired) electrons. The van der Waals surface area contributed by atoms with E-state index in [1.165, 1.54) is 42.6 Å². The van der Waals surface area contributed by atoms with Crippen LogP contribution in [0.3, 0.4) is 0 Å². The number of allylic oxidation sites excluding steroid dienone is 1. The summed E-state index contributed by atoms with van der Waals surface area (Å²) >= 11 is 1.39. The Bertz CT molecular complexity index is 788. The Morgan fingerprint density at radius 2 is 1.67 bits per heavy atom. The number of rotatable bonds is 6. The zero-order chi connectivity index (χ0) is 24.0. The molecule has 1 aromatic rings. The number of hydrogen-bond donors (Lipinski definition) is 3. The largest absolute Gasteiger partial charge is 0.477 e. The van der Waals surface area contributed by atoms with Crippen molar-refractivity contribution in [1.82, 2.24) is 0 Å². The number of carboxylic acids is 1. The lowest BCUT2D eigenvalue weighted by atomic mass is 9.82. The smallest absolute Gasteiger partial charge is 0.348 e. The molecule has 4 rings (SSSR count). The molecule has 2 fully saturated rings. The molecular formula is C27H43NO4S. The van der Waals surface area contributed by atoms with E-state index in [0.717, 1.165) is 61.6 Å². The summed E-state index contributed by atoms with van der Waals surface area (Å²) in [6, 6.07) is 2.40. The van der Waals surface area contributed by atoms with Crippen molar-refractivity contribution in [2.45, 2.75) is 110 Å². The van der Waals surface area contributed by atoms with Gasteiger partial charge < -0.3 is 20.2 Å². The van der Waals surface area contributed by atoms with Gasteiger partial charge in [0.05, 0.1) is 17.9 Å². The van der Waals surface area contributed by atoms with Crippen molar-refractivity contribution >= 4 is 28.6 Å². The van der Waals surface area contributed by atoms with Gasteiger partial charge >= 0.3 is 5.97 Å². The maximum atomic E-state index is 12.2. The molecule has 3 aliphatic carbocycles. The van der Waals surface area contributed by atoms with Crippen LogP contribution in [0.15, 0.2) is 12.1 Å². The van der Waals surface area contributed by atoms with E-state index in [1.54, 1.807) is 0 Å². The fraction of sp³-hybridized carbons (Fsp3) is 0.741. The van der Waals surface area contributed by atoms with E-state index in [9.17, 15) is 20.1 Å². The molecule has 1 unspecified atom stereocenters. The van der Waals surface area contributed by atoms with E-state index in [2.05, 4.69) is 24.0 Å². The lowest BCUT2D eigenvalue weighted by Gasteiger charge is -2.40. The minimum atomic E-state index is -0.846. The highest BCUT2D eigenvalue weighted by atomic mass is 32.1. The molecule has 6 heteroatoms. The predicted octanol–water partition coefficient (Wildman–Crippen LogP) is 6.34. The average Bonchev–Trinajstić information content (AvgIpc) is 3.27. The van der Waals surface area contributed by atoms with Crippen LogP contribution in [0.5, 0.6) is 0 Å². The number of carbonyl (C=O) groups is 1. The van der Waals surface area contributed by atoms with Gasteiger partial charge in [0.25, 0.3) is 0 Å². The van der Waals surface area contributed by atoms with Gasteiger partial charge in [-0.3, -0.25) is 0 Å². The maximum Gasteiger partial charge on any atom is 0.348 e. The summed E-state index contributed by atoms with van der Waals surface area (Å²) in [5.41, 5.74) is 2.05. The van der Waals surface area contributed by atoms with Gasteiger partial charge in [-0.05, 0) is 81.3 Å². The molecule has 3 N–H and O–H groups in total. The highest BCUT2D eigenvalue weighted by Gasteiger charge is 2.32. The lowest BCUT2D eigenvalue weighted by molar-refractivity contribution is 0.0702. The first kappa shape index (κ1) is 26.2. The lowest BCUT2D eigenvalue weighted by Crippen LogP contribution is -2.43. The van der Waals surface area contributed by atoms with Crippen LogP contribution >= 0.6 is 11.3 Å². The number of aliphatic hydroxyl groups excluding tert-OH is 2. The summed E-state index contributed by atoms with van der Waals surface area (Å²) in [5, 5.41) is 29.9. The highest BCUT2D eigenvalue weighted by molar-refractivity contribution is 7.15. The Labute approximate surface area is 203 Å². The third-order valence-electron chi connectivity index (χ3n) is 7.61. The summed E-state index contributed by atoms with van der Waals surface area (Å²) in [6.07, 6.45) is 12.2. The van der Waals surface area contributed by atoms with Gasteiger partial charge in [-0.2, -0.15) is 0 Å². The van der Waals surface area contributed by atoms with Crippen LogP contribution in [0.2, 0.25) is 0 Å². The van der Waals surface area contributed by atoms with E-state index in [4.69, 9.17) is 0 Å². The Hall–Kier alpha value is -1.37. The zero-order valence-corrected chi connectivity index (χ0v) is 21.4. The summed E-state index contributed by atoms with van der Waals surface area (Å²) in [5.74, 6) is 0.559. The molecule has 3 aliphatic rings. The molecule has 0 saturated heterocycles. The fourth-order valence-corrected chi connectivity index (χ4v) is 6.63. The Kier molecular flexibility index (Phi) is 9.83. The van der Waals surface area contributed by atoms with Gasteiger partial charge in [-0.15, -0.1) is 11.3 Å². The van der Waals surface area contributed by atoms with Crippen LogP contribution in [0.4, 0.5) is 5.69 Å². The zero-order valence-electron chi connectivity index (χ0n) is 20.6. The van der Waals surface area contributed by atoms with Crippen LogP contribution in [0.25, 0.3) is 5.57 Å². The maximum absolute atomic E-state index is 12.2. The van der Waals surface area contributed by atoms with Crippen molar-refractivity contribution in [3.63, 3.8) is 0 Å². The number of aromatic carboxylic acids is 1. The second kappa shape index (κ2) is 12.4. The number of nitrogens with zero attached hydrogens (tertiary/aromatic N) is 1. The summed E-state index contributed by atoms with van der Waals surface area (Å²) < 4.78 is 0. The van der Waals surface area contributed by atoms with Gasteiger partial charge in [0.1, 0.15) is 4.88 Å². The molecule has 0 aromatic carbocycles. The van der Waals surface area contributed by atoms with Crippen molar-refractivity contribution in [3.05, 3.63) is 21.9 Å². The molecule has 1 heterocycles. The quantitative estimate of drug-likeness (QED) is 0.446. The van der Waals surface area contributed by atoms with Crippen molar-refractivity contribution in [2.75, 3.05) is 11.4 Å². The van der Waals surface area contributed by atoms with Crippen LogP contribution in [-0.2, 0) is 0 Å². The van der Waals surface area contributed by atoms with Crippen molar-refractivity contribution in [2.24, 2.45) is 11.8 Å². The van der Waals surface area contributed by atoms with E-state index < -0.39 is 5.97 Å². The van der Waals surface area contributed by atoms with E-state index in [0.29, 0.717) is 23.3 Å². The number of carboxylic acid groups (broad SMARTS) is 1. The monoisotopic (exact) mass is 477 g/mol. The van der Waals surface area contributed by atoms with E-state index >= 15 is 0 Å². The molecule has 0 spiro atoms. The first-order chi connectivity index (χ1) is 15.9. The fourth-order valence-electron chi connectivity index (χ4n) is 5.55. The van der Waals surface area contributed by atoms with Crippen LogP contribution in [0.1, 0.15) is 106 Å². The summed E-state index contributed by atoms with van der Waals surface area (Å²) in [4.78, 5) is 16.1. The van der Waals surface area contributed by atoms with Gasteiger partial charge in [-0.25, -0.2) is 4.79 Å². The minimum absolute atomic E-state index is 0.218. The minimum Gasteiger partial charge on any atom is -0.477 e. The molecule has 0 aliphatic heterocycles. The van der Waals surface area contributed by atoms with Crippen molar-refractivity contribution in [1.29, 1.82) is 0 Å². The van der Waals surface area contributed by atoms with Gasteiger partial charge in [0.15, 0.2) is 0 Å². The first-order valence-electron chi connectivity index (χ1n) is 13.1. The van der Waals surface area contributed by atoms with E-state index in [-0.39, 0.29) is 12.2 Å².